The SMILES string of the molecule is COCCNC(c1cc(Br)c(C)s1)c1nc(C(C)C)cs1. The fourth-order valence-electron chi connectivity index (χ4n) is 1.94. The summed E-state index contributed by atoms with van der Waals surface area (Å²) in [6, 6.07) is 2.34. The van der Waals surface area contributed by atoms with Crippen LogP contribution in [-0.2, 0) is 4.74 Å². The lowest BCUT2D eigenvalue weighted by molar-refractivity contribution is 0.197. The first-order valence-corrected chi connectivity index (χ1v) is 9.45. The molecule has 2 heterocycles. The van der Waals surface area contributed by atoms with Crippen molar-refractivity contribution < 1.29 is 4.74 Å². The third kappa shape index (κ3) is 4.36. The molecule has 2 rings (SSSR count). The summed E-state index contributed by atoms with van der Waals surface area (Å²) >= 11 is 7.15. The van der Waals surface area contributed by atoms with Gasteiger partial charge in [-0.05, 0) is 34.8 Å². The van der Waals surface area contributed by atoms with Crippen LogP contribution < -0.4 is 5.32 Å². The van der Waals surface area contributed by atoms with E-state index < -0.39 is 0 Å². The predicted octanol–water partition coefficient (Wildman–Crippen LogP) is 4.72. The van der Waals surface area contributed by atoms with Crippen molar-refractivity contribution in [3.8, 4) is 0 Å². The number of methoxy groups -OCH3 is 1. The van der Waals surface area contributed by atoms with Crippen LogP contribution in [0.3, 0.4) is 0 Å². The predicted molar refractivity (Wildman–Crippen MR) is 94.7 cm³/mol. The van der Waals surface area contributed by atoms with Crippen LogP contribution in [0.4, 0.5) is 0 Å². The van der Waals surface area contributed by atoms with E-state index in [1.807, 2.05) is 11.3 Å². The molecule has 21 heavy (non-hydrogen) atoms. The van der Waals surface area contributed by atoms with Gasteiger partial charge in [-0.3, -0.25) is 0 Å². The average molecular weight is 389 g/mol. The highest BCUT2D eigenvalue weighted by Gasteiger charge is 2.21. The molecule has 116 valence electrons. The second-order valence-electron chi connectivity index (χ2n) is 5.20. The third-order valence-corrected chi connectivity index (χ3v) is 6.32. The summed E-state index contributed by atoms with van der Waals surface area (Å²) in [5.74, 6) is 0.464. The number of aromatic nitrogens is 1. The molecule has 0 saturated carbocycles. The molecule has 0 aliphatic heterocycles. The van der Waals surface area contributed by atoms with Crippen LogP contribution in [0.5, 0.6) is 0 Å². The van der Waals surface area contributed by atoms with E-state index in [1.165, 1.54) is 19.9 Å². The molecule has 1 atom stereocenters. The average Bonchev–Trinajstić information content (AvgIpc) is 3.03. The zero-order valence-corrected chi connectivity index (χ0v) is 16.0. The van der Waals surface area contributed by atoms with Gasteiger partial charge < -0.3 is 10.1 Å². The molecule has 2 aromatic rings. The molecular formula is C15H21BrN2OS2. The lowest BCUT2D eigenvalue weighted by Crippen LogP contribution is -2.25. The molecule has 3 nitrogen and oxygen atoms in total. The van der Waals surface area contributed by atoms with E-state index in [9.17, 15) is 0 Å². The lowest BCUT2D eigenvalue weighted by Gasteiger charge is -2.15. The van der Waals surface area contributed by atoms with Crippen molar-refractivity contribution in [3.63, 3.8) is 0 Å². The van der Waals surface area contributed by atoms with E-state index in [4.69, 9.17) is 9.72 Å². The van der Waals surface area contributed by atoms with Crippen LogP contribution in [0, 0.1) is 6.92 Å². The highest BCUT2D eigenvalue weighted by atomic mass is 79.9. The lowest BCUT2D eigenvalue weighted by atomic mass is 10.1. The quantitative estimate of drug-likeness (QED) is 0.696. The number of aryl methyl sites for hydroxylation is 1. The molecule has 0 radical (unpaired) electrons. The van der Waals surface area contributed by atoms with Crippen molar-refractivity contribution in [1.82, 2.24) is 10.3 Å². The fourth-order valence-corrected chi connectivity index (χ4v) is 4.72. The molecule has 1 N–H and O–H groups in total. The summed E-state index contributed by atoms with van der Waals surface area (Å²) in [7, 11) is 1.73. The first kappa shape index (κ1) is 17.1. The molecule has 1 unspecified atom stereocenters. The zero-order valence-electron chi connectivity index (χ0n) is 12.8. The van der Waals surface area contributed by atoms with Gasteiger partial charge in [-0.2, -0.15) is 0 Å². The molecule has 0 aliphatic carbocycles. The smallest absolute Gasteiger partial charge is 0.115 e. The van der Waals surface area contributed by atoms with Gasteiger partial charge in [0, 0.05) is 33.3 Å². The summed E-state index contributed by atoms with van der Waals surface area (Å²) in [6.45, 7) is 8.00. The van der Waals surface area contributed by atoms with Gasteiger partial charge in [0.2, 0.25) is 0 Å². The summed E-state index contributed by atoms with van der Waals surface area (Å²) in [4.78, 5) is 7.40. The van der Waals surface area contributed by atoms with Crippen molar-refractivity contribution in [2.75, 3.05) is 20.3 Å². The highest BCUT2D eigenvalue weighted by molar-refractivity contribution is 9.10. The van der Waals surface area contributed by atoms with Crippen LogP contribution in [0.25, 0.3) is 0 Å². The maximum atomic E-state index is 5.15. The van der Waals surface area contributed by atoms with E-state index in [0.29, 0.717) is 12.5 Å². The van der Waals surface area contributed by atoms with Gasteiger partial charge >= 0.3 is 0 Å². The minimum Gasteiger partial charge on any atom is -0.383 e. The van der Waals surface area contributed by atoms with Crippen LogP contribution in [-0.4, -0.2) is 25.2 Å². The number of hydrogen-bond donors (Lipinski definition) is 1. The first-order valence-electron chi connectivity index (χ1n) is 6.96. The fraction of sp³-hybridized carbons (Fsp3) is 0.533. The Morgan fingerprint density at radius 2 is 2.19 bits per heavy atom. The van der Waals surface area contributed by atoms with Crippen LogP contribution >= 0.6 is 38.6 Å². The molecule has 0 spiro atoms. The van der Waals surface area contributed by atoms with Crippen molar-refractivity contribution >= 4 is 38.6 Å². The number of nitrogens with one attached hydrogen (secondary N) is 1. The molecule has 2 aromatic heterocycles. The third-order valence-electron chi connectivity index (χ3n) is 3.19. The number of nitrogens with zero attached hydrogens (tertiary/aromatic N) is 1. The van der Waals surface area contributed by atoms with E-state index in [2.05, 4.69) is 53.5 Å². The van der Waals surface area contributed by atoms with Crippen molar-refractivity contribution in [2.24, 2.45) is 0 Å². The Kier molecular flexibility index (Phi) is 6.37. The van der Waals surface area contributed by atoms with Crippen molar-refractivity contribution in [3.05, 3.63) is 36.4 Å². The molecule has 0 aromatic carbocycles. The second kappa shape index (κ2) is 7.83. The number of thiazole rings is 1. The van der Waals surface area contributed by atoms with Crippen molar-refractivity contribution in [1.29, 1.82) is 0 Å². The van der Waals surface area contributed by atoms with Crippen LogP contribution in [0.1, 0.15) is 46.3 Å². The maximum Gasteiger partial charge on any atom is 0.115 e. The van der Waals surface area contributed by atoms with E-state index in [-0.39, 0.29) is 6.04 Å². The molecular weight excluding hydrogens is 368 g/mol. The zero-order chi connectivity index (χ0) is 15.4. The number of thiophene rings is 1. The molecule has 0 fully saturated rings. The molecule has 0 aliphatic rings. The maximum absolute atomic E-state index is 5.15. The van der Waals surface area contributed by atoms with E-state index in [0.717, 1.165) is 11.6 Å². The van der Waals surface area contributed by atoms with Crippen molar-refractivity contribution in [2.45, 2.75) is 32.7 Å². The van der Waals surface area contributed by atoms with Gasteiger partial charge in [0.05, 0.1) is 18.3 Å². The molecule has 0 bridgehead atoms. The largest absolute Gasteiger partial charge is 0.383 e. The van der Waals surface area contributed by atoms with Crippen LogP contribution in [0.15, 0.2) is 15.9 Å². The van der Waals surface area contributed by atoms with E-state index >= 15 is 0 Å². The van der Waals surface area contributed by atoms with Crippen LogP contribution in [0.2, 0.25) is 0 Å². The standard InChI is InChI=1S/C15H21BrN2OS2/c1-9(2)12-8-20-15(18-12)14(17-5-6-19-4)13-7-11(16)10(3)21-13/h7-9,14,17H,5-6H2,1-4H3. The van der Waals surface area contributed by atoms with Gasteiger partial charge in [0.1, 0.15) is 5.01 Å². The number of rotatable bonds is 7. The Morgan fingerprint density at radius 3 is 2.71 bits per heavy atom. The topological polar surface area (TPSA) is 34.1 Å². The van der Waals surface area contributed by atoms with Gasteiger partial charge in [-0.15, -0.1) is 22.7 Å². The summed E-state index contributed by atoms with van der Waals surface area (Å²) in [5.41, 5.74) is 1.17. The Labute approximate surface area is 142 Å². The Bertz CT molecular complexity index is 560. The number of ether oxygens (including phenoxy) is 1. The monoisotopic (exact) mass is 388 g/mol. The van der Waals surface area contributed by atoms with Gasteiger partial charge in [0.15, 0.2) is 0 Å². The first-order chi connectivity index (χ1) is 10.0. The summed E-state index contributed by atoms with van der Waals surface area (Å²) in [6.07, 6.45) is 0. The number of hydrogen-bond acceptors (Lipinski definition) is 5. The van der Waals surface area contributed by atoms with Gasteiger partial charge in [-0.1, -0.05) is 13.8 Å². The van der Waals surface area contributed by atoms with E-state index in [1.54, 1.807) is 18.4 Å². The molecule has 0 saturated heterocycles. The number of halogens is 1. The Balaban J connectivity index is 2.25. The Hall–Kier alpha value is -0.270. The van der Waals surface area contributed by atoms with Gasteiger partial charge in [0.25, 0.3) is 0 Å². The molecule has 6 heteroatoms. The Morgan fingerprint density at radius 1 is 1.43 bits per heavy atom. The normalized spacial score (nSPS) is 13.0. The summed E-state index contributed by atoms with van der Waals surface area (Å²) in [5, 5.41) is 6.85. The minimum atomic E-state index is 0.146. The molecule has 0 amide bonds. The second-order valence-corrected chi connectivity index (χ2v) is 8.23. The minimum absolute atomic E-state index is 0.146. The van der Waals surface area contributed by atoms with Gasteiger partial charge in [-0.25, -0.2) is 4.98 Å². The highest BCUT2D eigenvalue weighted by Crippen LogP contribution is 2.35. The summed E-state index contributed by atoms with van der Waals surface area (Å²) < 4.78 is 6.32.